The average molecular weight is 509 g/mol. The fourth-order valence-electron chi connectivity index (χ4n) is 4.47. The van der Waals surface area contributed by atoms with E-state index < -0.39 is 6.04 Å². The molecular formula is C25H28N6O4S. The van der Waals surface area contributed by atoms with Crippen molar-refractivity contribution in [3.8, 4) is 11.6 Å². The number of carbonyl (C=O) groups excluding carboxylic acids is 2. The van der Waals surface area contributed by atoms with Crippen LogP contribution in [0.2, 0.25) is 0 Å². The van der Waals surface area contributed by atoms with Crippen molar-refractivity contribution in [1.82, 2.24) is 30.4 Å². The van der Waals surface area contributed by atoms with Crippen LogP contribution < -0.4 is 5.32 Å². The average Bonchev–Trinajstić information content (AvgIpc) is 3.68. The molecule has 0 saturated heterocycles. The molecule has 1 fully saturated rings. The number of amides is 2. The second-order valence-electron chi connectivity index (χ2n) is 8.92. The van der Waals surface area contributed by atoms with Gasteiger partial charge in [0.1, 0.15) is 24.1 Å². The van der Waals surface area contributed by atoms with Crippen LogP contribution in [0.3, 0.4) is 0 Å². The predicted octanol–water partition coefficient (Wildman–Crippen LogP) is 4.12. The fraction of sp³-hybridized carbons (Fsp3) is 0.400. The number of aryl methyl sites for hydroxylation is 1. The molecule has 0 unspecified atom stereocenters. The van der Waals surface area contributed by atoms with Gasteiger partial charge in [-0.2, -0.15) is 4.80 Å². The largest absolute Gasteiger partial charge is 0.467 e. The van der Waals surface area contributed by atoms with Crippen molar-refractivity contribution < 1.29 is 18.4 Å². The Morgan fingerprint density at radius 2 is 2.06 bits per heavy atom. The highest BCUT2D eigenvalue weighted by Crippen LogP contribution is 2.29. The van der Waals surface area contributed by atoms with Crippen LogP contribution >= 0.6 is 11.3 Å². The minimum Gasteiger partial charge on any atom is -0.467 e. The van der Waals surface area contributed by atoms with Crippen molar-refractivity contribution in [3.63, 3.8) is 0 Å². The number of aromatic nitrogens is 4. The Labute approximate surface area is 212 Å². The predicted molar refractivity (Wildman–Crippen MR) is 132 cm³/mol. The number of thiophene rings is 1. The van der Waals surface area contributed by atoms with Crippen LogP contribution in [0, 0.1) is 6.92 Å². The van der Waals surface area contributed by atoms with Crippen LogP contribution in [0.15, 0.2) is 56.9 Å². The summed E-state index contributed by atoms with van der Waals surface area (Å²) < 4.78 is 11.1. The molecule has 1 atom stereocenters. The zero-order valence-corrected chi connectivity index (χ0v) is 20.8. The third-order valence-electron chi connectivity index (χ3n) is 6.24. The molecule has 11 heteroatoms. The Balaban J connectivity index is 1.40. The molecule has 10 nitrogen and oxygen atoms in total. The number of nitrogens with one attached hydrogen (secondary N) is 1. The first-order chi connectivity index (χ1) is 17.6. The summed E-state index contributed by atoms with van der Waals surface area (Å²) in [5.74, 6) is 1.55. The molecule has 0 spiro atoms. The summed E-state index contributed by atoms with van der Waals surface area (Å²) in [6, 6.07) is 10.2. The molecule has 5 rings (SSSR count). The van der Waals surface area contributed by atoms with Crippen LogP contribution in [-0.4, -0.2) is 43.0 Å². The number of hydrogen-bond acceptors (Lipinski definition) is 8. The molecule has 4 aromatic heterocycles. The van der Waals surface area contributed by atoms with E-state index in [0.29, 0.717) is 17.3 Å². The quantitative estimate of drug-likeness (QED) is 0.361. The maximum Gasteiger partial charge on any atom is 0.248 e. The highest BCUT2D eigenvalue weighted by Gasteiger charge is 2.34. The molecule has 4 aromatic rings. The molecule has 188 valence electrons. The Morgan fingerprint density at radius 3 is 2.75 bits per heavy atom. The van der Waals surface area contributed by atoms with Crippen LogP contribution in [0.5, 0.6) is 0 Å². The van der Waals surface area contributed by atoms with Gasteiger partial charge in [0.2, 0.25) is 17.6 Å². The lowest BCUT2D eigenvalue weighted by Crippen LogP contribution is -2.47. The smallest absolute Gasteiger partial charge is 0.248 e. The van der Waals surface area contributed by atoms with Gasteiger partial charge >= 0.3 is 0 Å². The Hall–Kier alpha value is -3.73. The maximum absolute atomic E-state index is 13.7. The Morgan fingerprint density at radius 1 is 1.19 bits per heavy atom. The van der Waals surface area contributed by atoms with E-state index in [0.717, 1.165) is 36.3 Å². The second-order valence-corrected chi connectivity index (χ2v) is 9.90. The van der Waals surface area contributed by atoms with Gasteiger partial charge in [0.25, 0.3) is 0 Å². The van der Waals surface area contributed by atoms with Crippen LogP contribution in [0.4, 0.5) is 0 Å². The van der Waals surface area contributed by atoms with Crippen molar-refractivity contribution in [2.45, 2.75) is 64.2 Å². The molecule has 1 saturated carbocycles. The summed E-state index contributed by atoms with van der Waals surface area (Å²) in [5, 5.41) is 17.5. The molecule has 1 aliphatic carbocycles. The lowest BCUT2D eigenvalue weighted by atomic mass is 9.95. The van der Waals surface area contributed by atoms with E-state index in [2.05, 4.69) is 20.7 Å². The van der Waals surface area contributed by atoms with Gasteiger partial charge in [0.05, 0.1) is 12.8 Å². The molecule has 36 heavy (non-hydrogen) atoms. The molecule has 4 heterocycles. The maximum atomic E-state index is 13.7. The highest BCUT2D eigenvalue weighted by atomic mass is 32.1. The van der Waals surface area contributed by atoms with E-state index in [-0.39, 0.29) is 30.9 Å². The lowest BCUT2D eigenvalue weighted by molar-refractivity contribution is -0.143. The van der Waals surface area contributed by atoms with E-state index in [4.69, 9.17) is 8.83 Å². The third kappa shape index (κ3) is 5.56. The first-order valence-corrected chi connectivity index (χ1v) is 12.9. The van der Waals surface area contributed by atoms with Crippen LogP contribution in [0.25, 0.3) is 11.6 Å². The Bertz CT molecular complexity index is 1270. The number of tetrazole rings is 1. The second kappa shape index (κ2) is 10.9. The fourth-order valence-corrected chi connectivity index (χ4v) is 5.30. The summed E-state index contributed by atoms with van der Waals surface area (Å²) in [4.78, 5) is 30.8. The van der Waals surface area contributed by atoms with Gasteiger partial charge < -0.3 is 19.1 Å². The number of carbonyl (C=O) groups is 2. The van der Waals surface area contributed by atoms with Gasteiger partial charge in [-0.1, -0.05) is 25.3 Å². The van der Waals surface area contributed by atoms with Crippen molar-refractivity contribution in [2.75, 3.05) is 0 Å². The zero-order valence-electron chi connectivity index (χ0n) is 20.0. The third-order valence-corrected chi connectivity index (χ3v) is 7.17. The summed E-state index contributed by atoms with van der Waals surface area (Å²) in [6.07, 6.45) is 6.84. The van der Waals surface area contributed by atoms with Gasteiger partial charge in [0, 0.05) is 10.9 Å². The van der Waals surface area contributed by atoms with E-state index in [1.165, 1.54) is 27.5 Å². The minimum absolute atomic E-state index is 0.116. The molecule has 0 bridgehead atoms. The summed E-state index contributed by atoms with van der Waals surface area (Å²) in [7, 11) is 0. The molecule has 0 aromatic carbocycles. The number of furan rings is 2. The minimum atomic E-state index is -0.805. The number of hydrogen-bond donors (Lipinski definition) is 1. The molecule has 1 aliphatic rings. The van der Waals surface area contributed by atoms with E-state index >= 15 is 0 Å². The van der Waals surface area contributed by atoms with Crippen LogP contribution in [0.1, 0.15) is 54.5 Å². The molecular weight excluding hydrogens is 480 g/mol. The lowest BCUT2D eigenvalue weighted by Gasteiger charge is -2.32. The van der Waals surface area contributed by atoms with Crippen molar-refractivity contribution in [3.05, 3.63) is 64.4 Å². The SMILES string of the molecule is Cc1ccc(-c2nnn(CC(=O)N(Cc3ccco3)[C@@H](C(=O)NC3CCCCC3)c3cccs3)n2)o1. The summed E-state index contributed by atoms with van der Waals surface area (Å²) in [6.45, 7) is 1.77. The van der Waals surface area contributed by atoms with Gasteiger partial charge in [0.15, 0.2) is 5.76 Å². The van der Waals surface area contributed by atoms with Gasteiger partial charge in [-0.3, -0.25) is 9.59 Å². The van der Waals surface area contributed by atoms with Crippen molar-refractivity contribution >= 4 is 23.2 Å². The molecule has 0 radical (unpaired) electrons. The summed E-state index contributed by atoms with van der Waals surface area (Å²) >= 11 is 1.44. The first kappa shape index (κ1) is 24.0. The van der Waals surface area contributed by atoms with Gasteiger partial charge in [-0.15, -0.1) is 21.5 Å². The monoisotopic (exact) mass is 508 g/mol. The first-order valence-electron chi connectivity index (χ1n) is 12.1. The van der Waals surface area contributed by atoms with Crippen molar-refractivity contribution in [1.29, 1.82) is 0 Å². The van der Waals surface area contributed by atoms with E-state index in [1.54, 1.807) is 24.5 Å². The van der Waals surface area contributed by atoms with Crippen molar-refractivity contribution in [2.24, 2.45) is 0 Å². The molecule has 1 N–H and O–H groups in total. The normalized spacial score (nSPS) is 15.0. The molecule has 0 aliphatic heterocycles. The zero-order chi connectivity index (χ0) is 24.9. The number of nitrogens with zero attached hydrogens (tertiary/aromatic N) is 5. The molecule has 2 amide bonds. The van der Waals surface area contributed by atoms with E-state index in [9.17, 15) is 9.59 Å². The standard InChI is InChI=1S/C25H28N6O4S/c1-17-11-12-20(35-17)24-27-29-31(28-24)16-22(32)30(15-19-9-5-13-34-19)23(21-10-6-14-36-21)25(33)26-18-7-3-2-4-8-18/h5-6,9-14,18,23H,2-4,7-8,15-16H2,1H3,(H,26,33)/t23-/m1/s1. The van der Waals surface area contributed by atoms with Crippen LogP contribution in [-0.2, 0) is 22.7 Å². The van der Waals surface area contributed by atoms with E-state index in [1.807, 2.05) is 30.5 Å². The number of rotatable bonds is 9. The topological polar surface area (TPSA) is 119 Å². The highest BCUT2D eigenvalue weighted by molar-refractivity contribution is 7.10. The van der Waals surface area contributed by atoms with Gasteiger partial charge in [-0.05, 0) is 60.7 Å². The Kier molecular flexibility index (Phi) is 7.26. The summed E-state index contributed by atoms with van der Waals surface area (Å²) in [5.41, 5.74) is 0. The van der Waals surface area contributed by atoms with Gasteiger partial charge in [-0.25, -0.2) is 0 Å².